The minimum absolute atomic E-state index is 0.0856. The van der Waals surface area contributed by atoms with Gasteiger partial charge in [0.05, 0.1) is 17.3 Å². The summed E-state index contributed by atoms with van der Waals surface area (Å²) >= 11 is 0. The molecule has 0 spiro atoms. The predicted octanol–water partition coefficient (Wildman–Crippen LogP) is 5.41. The Hall–Kier alpha value is -4.61. The molecule has 0 radical (unpaired) electrons. The summed E-state index contributed by atoms with van der Waals surface area (Å²) in [5.74, 6) is 0.204. The molecular weight excluding hydrogens is 520 g/mol. The monoisotopic (exact) mass is 542 g/mol. The number of benzene rings is 3. The summed E-state index contributed by atoms with van der Waals surface area (Å²) in [6.07, 6.45) is -4.16. The van der Waals surface area contributed by atoms with Gasteiger partial charge < -0.3 is 19.7 Å². The number of likely N-dealkylation sites (N-methyl/N-ethyl adjacent to an activating group) is 1. The van der Waals surface area contributed by atoms with Gasteiger partial charge in [0.25, 0.3) is 5.91 Å². The molecule has 39 heavy (non-hydrogen) atoms. The van der Waals surface area contributed by atoms with Crippen LogP contribution in [0.1, 0.15) is 29.2 Å². The lowest BCUT2D eigenvalue weighted by atomic mass is 9.98. The predicted molar refractivity (Wildman–Crippen MR) is 133 cm³/mol. The summed E-state index contributed by atoms with van der Waals surface area (Å²) < 4.78 is 62.7. The Morgan fingerprint density at radius 3 is 2.41 bits per heavy atom. The second-order valence-corrected chi connectivity index (χ2v) is 8.99. The van der Waals surface area contributed by atoms with Gasteiger partial charge in [0.2, 0.25) is 6.79 Å². The summed E-state index contributed by atoms with van der Waals surface area (Å²) in [7, 11) is 1.38. The third kappa shape index (κ3) is 5.64. The topological polar surface area (TPSA) is 83.5 Å². The molecule has 3 amide bonds. The number of rotatable bonds is 5. The van der Waals surface area contributed by atoms with E-state index in [0.29, 0.717) is 29.2 Å². The lowest BCUT2D eigenvalue weighted by Crippen LogP contribution is -2.41. The van der Waals surface area contributed by atoms with Crippen LogP contribution < -0.4 is 14.8 Å². The van der Waals surface area contributed by atoms with E-state index < -0.39 is 35.5 Å². The molecule has 0 fully saturated rings. The fourth-order valence-corrected chi connectivity index (χ4v) is 4.25. The first-order chi connectivity index (χ1) is 18.6. The van der Waals surface area contributed by atoms with Gasteiger partial charge in [-0.15, -0.1) is 0 Å². The number of hydrogen-bond acceptors (Lipinski definition) is 5. The van der Waals surface area contributed by atoms with E-state index >= 15 is 0 Å². The summed E-state index contributed by atoms with van der Waals surface area (Å²) in [4.78, 5) is 27.1. The average molecular weight is 542 g/mol. The zero-order chi connectivity index (χ0) is 27.7. The van der Waals surface area contributed by atoms with Crippen molar-refractivity contribution in [2.45, 2.75) is 18.6 Å². The van der Waals surface area contributed by atoms with Gasteiger partial charge in [-0.25, -0.2) is 14.2 Å². The van der Waals surface area contributed by atoms with Crippen LogP contribution in [0.25, 0.3) is 0 Å². The third-order valence-electron chi connectivity index (χ3n) is 6.31. The Morgan fingerprint density at radius 2 is 1.72 bits per heavy atom. The summed E-state index contributed by atoms with van der Waals surface area (Å²) in [6, 6.07) is 13.8. The van der Waals surface area contributed by atoms with E-state index in [-0.39, 0.29) is 19.0 Å². The van der Waals surface area contributed by atoms with Gasteiger partial charge in [0.15, 0.2) is 11.5 Å². The van der Waals surface area contributed by atoms with Crippen LogP contribution in [0.4, 0.5) is 28.0 Å². The number of nitrogens with one attached hydrogen (secondary N) is 1. The second kappa shape index (κ2) is 10.3. The number of anilines is 1. The Balaban J connectivity index is 1.33. The molecule has 5 rings (SSSR count). The Morgan fingerprint density at radius 1 is 1.03 bits per heavy atom. The van der Waals surface area contributed by atoms with E-state index in [1.54, 1.807) is 30.3 Å². The van der Waals surface area contributed by atoms with Crippen LogP contribution in [0.2, 0.25) is 0 Å². The second-order valence-electron chi connectivity index (χ2n) is 8.99. The van der Waals surface area contributed by atoms with Crippen LogP contribution in [-0.4, -0.2) is 47.9 Å². The number of fused-ring (bicyclic) bond motifs is 1. The van der Waals surface area contributed by atoms with Crippen LogP contribution >= 0.6 is 0 Å². The molecule has 0 aliphatic carbocycles. The molecule has 3 aromatic carbocycles. The van der Waals surface area contributed by atoms with Gasteiger partial charge in [-0.05, 0) is 59.7 Å². The normalized spacial score (nSPS) is 16.2. The molecule has 2 heterocycles. The number of carbonyl (C=O) groups excluding carboxylic acids is 2. The molecule has 0 aromatic heterocycles. The van der Waals surface area contributed by atoms with Crippen molar-refractivity contribution < 1.29 is 36.6 Å². The van der Waals surface area contributed by atoms with Crippen LogP contribution in [0.3, 0.4) is 0 Å². The van der Waals surface area contributed by atoms with Gasteiger partial charge in [0.1, 0.15) is 12.4 Å². The highest BCUT2D eigenvalue weighted by Gasteiger charge is 2.35. The lowest BCUT2D eigenvalue weighted by molar-refractivity contribution is -0.137. The molecule has 1 N–H and O–H groups in total. The molecule has 0 saturated carbocycles. The molecule has 202 valence electrons. The SMILES string of the molecule is CN(CC(=O)N1N=C(c2ccc(F)cc2)CC1c1ccc2c(c1)OCO2)C(=O)Nc1ccc(C(F)(F)F)cc1. The van der Waals surface area contributed by atoms with Crippen molar-refractivity contribution in [3.05, 3.63) is 89.2 Å². The molecule has 2 aliphatic heterocycles. The van der Waals surface area contributed by atoms with Crippen LogP contribution in [0.15, 0.2) is 71.8 Å². The third-order valence-corrected chi connectivity index (χ3v) is 6.31. The number of amides is 3. The van der Waals surface area contributed by atoms with Crippen molar-refractivity contribution in [1.29, 1.82) is 0 Å². The van der Waals surface area contributed by atoms with Gasteiger partial charge in [0, 0.05) is 19.2 Å². The first kappa shape index (κ1) is 26.0. The maximum absolute atomic E-state index is 13.5. The number of nitrogens with zero attached hydrogens (tertiary/aromatic N) is 3. The highest BCUT2D eigenvalue weighted by Crippen LogP contribution is 2.39. The van der Waals surface area contributed by atoms with Crippen LogP contribution in [0, 0.1) is 5.82 Å². The Labute approximate surface area is 220 Å². The average Bonchev–Trinajstić information content (AvgIpc) is 3.56. The largest absolute Gasteiger partial charge is 0.454 e. The molecule has 1 unspecified atom stereocenters. The first-order valence-electron chi connectivity index (χ1n) is 11.8. The van der Waals surface area contributed by atoms with Crippen molar-refractivity contribution in [1.82, 2.24) is 9.91 Å². The molecule has 8 nitrogen and oxygen atoms in total. The van der Waals surface area contributed by atoms with Crippen molar-refractivity contribution >= 4 is 23.3 Å². The molecular formula is C27H22F4N4O4. The first-order valence-corrected chi connectivity index (χ1v) is 11.8. The summed E-state index contributed by atoms with van der Waals surface area (Å²) in [5.41, 5.74) is 1.23. The Bertz CT molecular complexity index is 1430. The number of ether oxygens (including phenoxy) is 2. The number of carbonyl (C=O) groups is 2. The van der Waals surface area contributed by atoms with E-state index in [1.165, 1.54) is 24.2 Å². The van der Waals surface area contributed by atoms with Crippen molar-refractivity contribution in [2.24, 2.45) is 5.10 Å². The maximum atomic E-state index is 13.5. The molecule has 1 atom stereocenters. The number of hydrazone groups is 1. The van der Waals surface area contributed by atoms with Gasteiger partial charge in [-0.2, -0.15) is 18.3 Å². The van der Waals surface area contributed by atoms with E-state index in [1.807, 2.05) is 0 Å². The fourth-order valence-electron chi connectivity index (χ4n) is 4.25. The number of hydrogen-bond donors (Lipinski definition) is 1. The van der Waals surface area contributed by atoms with Crippen molar-refractivity contribution in [3.63, 3.8) is 0 Å². The smallest absolute Gasteiger partial charge is 0.416 e. The van der Waals surface area contributed by atoms with E-state index in [2.05, 4.69) is 10.4 Å². The molecule has 3 aromatic rings. The lowest BCUT2D eigenvalue weighted by Gasteiger charge is -2.25. The van der Waals surface area contributed by atoms with E-state index in [4.69, 9.17) is 9.47 Å². The number of alkyl halides is 3. The van der Waals surface area contributed by atoms with Crippen molar-refractivity contribution in [3.8, 4) is 11.5 Å². The Kier molecular flexibility index (Phi) is 6.85. The maximum Gasteiger partial charge on any atom is 0.416 e. The molecule has 2 aliphatic rings. The molecule has 0 bridgehead atoms. The minimum Gasteiger partial charge on any atom is -0.454 e. The minimum atomic E-state index is -4.50. The number of urea groups is 1. The van der Waals surface area contributed by atoms with Gasteiger partial charge in [-0.3, -0.25) is 4.79 Å². The van der Waals surface area contributed by atoms with Crippen LogP contribution in [-0.2, 0) is 11.0 Å². The van der Waals surface area contributed by atoms with E-state index in [0.717, 1.165) is 34.7 Å². The molecule has 0 saturated heterocycles. The summed E-state index contributed by atoms with van der Waals surface area (Å²) in [6.45, 7) is -0.282. The van der Waals surface area contributed by atoms with E-state index in [9.17, 15) is 27.2 Å². The quantitative estimate of drug-likeness (QED) is 0.437. The van der Waals surface area contributed by atoms with Gasteiger partial charge >= 0.3 is 12.2 Å². The van der Waals surface area contributed by atoms with Crippen LogP contribution in [0.5, 0.6) is 11.5 Å². The van der Waals surface area contributed by atoms with Gasteiger partial charge in [-0.1, -0.05) is 18.2 Å². The fraction of sp³-hybridized carbons (Fsp3) is 0.222. The zero-order valence-corrected chi connectivity index (χ0v) is 20.5. The standard InChI is InChI=1S/C27H22F4N4O4/c1-34(26(37)32-20-9-5-18(6-10-20)27(29,30)31)14-25(36)35-22(17-4-11-23-24(12-17)39-15-38-23)13-21(33-35)16-2-7-19(28)8-3-16/h2-12,22H,13-15H2,1H3,(H,32,37). The summed E-state index contributed by atoms with van der Waals surface area (Å²) in [5, 5.41) is 8.26. The highest BCUT2D eigenvalue weighted by molar-refractivity contribution is 6.03. The number of halogens is 4. The highest BCUT2D eigenvalue weighted by atomic mass is 19.4. The molecule has 12 heteroatoms. The van der Waals surface area contributed by atoms with Crippen molar-refractivity contribution in [2.75, 3.05) is 25.7 Å². The zero-order valence-electron chi connectivity index (χ0n) is 20.5.